The number of halogens is 4. The van der Waals surface area contributed by atoms with Gasteiger partial charge in [-0.25, -0.2) is 17.6 Å². The third-order valence-electron chi connectivity index (χ3n) is 7.15. The summed E-state index contributed by atoms with van der Waals surface area (Å²) in [5.41, 5.74) is 4.26. The van der Waals surface area contributed by atoms with Crippen molar-refractivity contribution in [3.05, 3.63) is 107 Å². The van der Waals surface area contributed by atoms with Crippen LogP contribution in [0.2, 0.25) is 0 Å². The molecule has 0 aliphatic carbocycles. The van der Waals surface area contributed by atoms with Crippen LogP contribution in [0.5, 0.6) is 0 Å². The molecule has 0 unspecified atom stereocenters. The minimum atomic E-state index is -0.818. The van der Waals surface area contributed by atoms with E-state index in [9.17, 15) is 17.6 Å². The molecule has 0 heterocycles. The SMILES string of the molecule is CCCCCc1ccc(-c2ccc(-c3ccc(-c4ccc(CCCCC)c(F)c4F)cc3)cc2)c(F)c1F. The van der Waals surface area contributed by atoms with Gasteiger partial charge in [-0.1, -0.05) is 112 Å². The molecule has 0 bridgehead atoms. The standard InChI is InChI=1S/C34H34F4/c1-3-5-7-9-27-19-21-29(33(37)31(27)35)25-15-11-23(12-16-25)24-13-17-26(18-14-24)30-22-20-28(10-8-6-4-2)32(36)34(30)38/h11-22H,3-10H2,1-2H3. The van der Waals surface area contributed by atoms with Crippen LogP contribution in [0.4, 0.5) is 17.6 Å². The first-order valence-electron chi connectivity index (χ1n) is 13.6. The average molecular weight is 519 g/mol. The first kappa shape index (κ1) is 27.6. The van der Waals surface area contributed by atoms with Gasteiger partial charge in [0.15, 0.2) is 23.3 Å². The van der Waals surface area contributed by atoms with Gasteiger partial charge in [-0.05, 0) is 59.1 Å². The topological polar surface area (TPSA) is 0 Å². The fourth-order valence-corrected chi connectivity index (χ4v) is 4.83. The summed E-state index contributed by atoms with van der Waals surface area (Å²) >= 11 is 0. The summed E-state index contributed by atoms with van der Waals surface area (Å²) in [6.45, 7) is 4.15. The van der Waals surface area contributed by atoms with E-state index in [2.05, 4.69) is 13.8 Å². The largest absolute Gasteiger partial charge is 0.203 e. The highest BCUT2D eigenvalue weighted by molar-refractivity contribution is 5.74. The molecule has 4 aromatic rings. The van der Waals surface area contributed by atoms with Gasteiger partial charge in [0, 0.05) is 11.1 Å². The van der Waals surface area contributed by atoms with E-state index in [0.29, 0.717) is 35.1 Å². The Kier molecular flexibility index (Phi) is 9.38. The van der Waals surface area contributed by atoms with Gasteiger partial charge < -0.3 is 0 Å². The molecule has 0 fully saturated rings. The Labute approximate surface area is 223 Å². The van der Waals surface area contributed by atoms with E-state index in [1.165, 1.54) is 0 Å². The lowest BCUT2D eigenvalue weighted by molar-refractivity contribution is 0.498. The predicted molar refractivity (Wildman–Crippen MR) is 149 cm³/mol. The van der Waals surface area contributed by atoms with Crippen molar-refractivity contribution in [2.75, 3.05) is 0 Å². The van der Waals surface area contributed by atoms with Crippen molar-refractivity contribution >= 4 is 0 Å². The van der Waals surface area contributed by atoms with Crippen molar-refractivity contribution < 1.29 is 17.6 Å². The molecule has 0 atom stereocenters. The highest BCUT2D eigenvalue weighted by Crippen LogP contribution is 2.32. The highest BCUT2D eigenvalue weighted by atomic mass is 19.2. The van der Waals surface area contributed by atoms with E-state index in [-0.39, 0.29) is 11.1 Å². The van der Waals surface area contributed by atoms with Crippen LogP contribution in [-0.4, -0.2) is 0 Å². The fourth-order valence-electron chi connectivity index (χ4n) is 4.83. The van der Waals surface area contributed by atoms with E-state index in [1.807, 2.05) is 24.3 Å². The summed E-state index contributed by atoms with van der Waals surface area (Å²) in [5, 5.41) is 0. The van der Waals surface area contributed by atoms with Crippen LogP contribution in [0.1, 0.15) is 63.5 Å². The molecule has 0 spiro atoms. The van der Waals surface area contributed by atoms with Crippen molar-refractivity contribution in [1.82, 2.24) is 0 Å². The second kappa shape index (κ2) is 12.9. The second-order valence-corrected chi connectivity index (χ2v) is 9.87. The van der Waals surface area contributed by atoms with Gasteiger partial charge >= 0.3 is 0 Å². The van der Waals surface area contributed by atoms with Crippen molar-refractivity contribution in [3.8, 4) is 33.4 Å². The monoisotopic (exact) mass is 518 g/mol. The van der Waals surface area contributed by atoms with Crippen LogP contribution in [0.15, 0.2) is 72.8 Å². The number of benzene rings is 4. The van der Waals surface area contributed by atoms with Gasteiger partial charge in [0.1, 0.15) is 0 Å². The molecule has 0 aromatic heterocycles. The molecule has 38 heavy (non-hydrogen) atoms. The molecule has 4 rings (SSSR count). The van der Waals surface area contributed by atoms with Crippen molar-refractivity contribution in [1.29, 1.82) is 0 Å². The van der Waals surface area contributed by atoms with Gasteiger partial charge in [0.05, 0.1) is 0 Å². The maximum Gasteiger partial charge on any atom is 0.166 e. The average Bonchev–Trinajstić information content (AvgIpc) is 2.94. The van der Waals surface area contributed by atoms with Crippen LogP contribution >= 0.6 is 0 Å². The zero-order chi connectivity index (χ0) is 27.1. The summed E-state index contributed by atoms with van der Waals surface area (Å²) in [7, 11) is 0. The third-order valence-corrected chi connectivity index (χ3v) is 7.15. The summed E-state index contributed by atoms with van der Waals surface area (Å²) in [5.74, 6) is -3.17. The lowest BCUT2D eigenvalue weighted by Gasteiger charge is -2.11. The Hall–Kier alpha value is -3.40. The van der Waals surface area contributed by atoms with Gasteiger partial charge in [-0.2, -0.15) is 0 Å². The van der Waals surface area contributed by atoms with Gasteiger partial charge in [0.2, 0.25) is 0 Å². The van der Waals surface area contributed by atoms with E-state index >= 15 is 0 Å². The molecule has 0 N–H and O–H groups in total. The molecule has 0 aliphatic heterocycles. The minimum absolute atomic E-state index is 0.235. The number of unbranched alkanes of at least 4 members (excludes halogenated alkanes) is 4. The smallest absolute Gasteiger partial charge is 0.166 e. The van der Waals surface area contributed by atoms with E-state index in [1.54, 1.807) is 48.5 Å². The predicted octanol–water partition coefficient (Wildman–Crippen LogP) is 10.7. The Balaban J connectivity index is 1.50. The van der Waals surface area contributed by atoms with Crippen LogP contribution in [-0.2, 0) is 12.8 Å². The van der Waals surface area contributed by atoms with Gasteiger partial charge in [-0.15, -0.1) is 0 Å². The summed E-state index contributed by atoms with van der Waals surface area (Å²) in [4.78, 5) is 0. The maximum atomic E-state index is 14.8. The number of hydrogen-bond donors (Lipinski definition) is 0. The van der Waals surface area contributed by atoms with Crippen LogP contribution in [0.25, 0.3) is 33.4 Å². The minimum Gasteiger partial charge on any atom is -0.203 e. The fraction of sp³-hybridized carbons (Fsp3) is 0.294. The lowest BCUT2D eigenvalue weighted by atomic mass is 9.96. The number of hydrogen-bond acceptors (Lipinski definition) is 0. The first-order valence-corrected chi connectivity index (χ1v) is 13.6. The molecular formula is C34H34F4. The lowest BCUT2D eigenvalue weighted by Crippen LogP contribution is -1.98. The molecule has 0 saturated carbocycles. The molecule has 0 nitrogen and oxygen atoms in total. The molecule has 198 valence electrons. The first-order chi connectivity index (χ1) is 18.4. The van der Waals surface area contributed by atoms with Crippen molar-refractivity contribution in [2.24, 2.45) is 0 Å². The highest BCUT2D eigenvalue weighted by Gasteiger charge is 2.16. The van der Waals surface area contributed by atoms with E-state index < -0.39 is 23.3 Å². The third kappa shape index (κ3) is 6.18. The van der Waals surface area contributed by atoms with Crippen LogP contribution in [0.3, 0.4) is 0 Å². The molecule has 4 aromatic carbocycles. The van der Waals surface area contributed by atoms with E-state index in [4.69, 9.17) is 0 Å². The normalized spacial score (nSPS) is 11.2. The number of rotatable bonds is 11. The molecule has 4 heteroatoms. The quantitative estimate of drug-likeness (QED) is 0.137. The zero-order valence-electron chi connectivity index (χ0n) is 22.1. The molecule has 0 saturated heterocycles. The number of aryl methyl sites for hydroxylation is 2. The van der Waals surface area contributed by atoms with Crippen molar-refractivity contribution in [2.45, 2.75) is 65.2 Å². The van der Waals surface area contributed by atoms with Gasteiger partial charge in [0.25, 0.3) is 0 Å². The molecule has 0 radical (unpaired) electrons. The Bertz CT molecular complexity index is 1250. The summed E-state index contributed by atoms with van der Waals surface area (Å²) in [6, 6.07) is 21.1. The second-order valence-electron chi connectivity index (χ2n) is 9.87. The van der Waals surface area contributed by atoms with Crippen LogP contribution in [0, 0.1) is 23.3 Å². The molecule has 0 aliphatic rings. The van der Waals surface area contributed by atoms with E-state index in [0.717, 1.165) is 49.7 Å². The molecular weight excluding hydrogens is 484 g/mol. The Morgan fingerprint density at radius 2 is 0.737 bits per heavy atom. The summed E-state index contributed by atoms with van der Waals surface area (Å²) in [6.07, 6.45) is 6.77. The van der Waals surface area contributed by atoms with Crippen molar-refractivity contribution in [3.63, 3.8) is 0 Å². The molecule has 0 amide bonds. The Morgan fingerprint density at radius 1 is 0.395 bits per heavy atom. The maximum absolute atomic E-state index is 14.8. The Morgan fingerprint density at radius 3 is 1.08 bits per heavy atom. The summed E-state index contributed by atoms with van der Waals surface area (Å²) < 4.78 is 58.9. The van der Waals surface area contributed by atoms with Crippen LogP contribution < -0.4 is 0 Å². The zero-order valence-corrected chi connectivity index (χ0v) is 22.1. The van der Waals surface area contributed by atoms with Gasteiger partial charge in [-0.3, -0.25) is 0 Å².